The van der Waals surface area contributed by atoms with E-state index >= 15 is 0 Å². The molecule has 0 saturated carbocycles. The van der Waals surface area contributed by atoms with Gasteiger partial charge in [-0.2, -0.15) is 0 Å². The van der Waals surface area contributed by atoms with Crippen LogP contribution < -0.4 is 64.9 Å². The predicted molar refractivity (Wildman–Crippen MR) is 319 cm³/mol. The molecule has 0 spiro atoms. The van der Waals surface area contributed by atoms with Crippen molar-refractivity contribution in [1.29, 1.82) is 0 Å². The van der Waals surface area contributed by atoms with E-state index in [1.165, 1.54) is 26.4 Å². The van der Waals surface area contributed by atoms with Crippen molar-refractivity contribution in [2.75, 3.05) is 19.6 Å². The predicted octanol–water partition coefficient (Wildman–Crippen LogP) is 14.8. The van der Waals surface area contributed by atoms with Gasteiger partial charge in [0.25, 0.3) is 0 Å². The maximum absolute atomic E-state index is 8.03. The van der Waals surface area contributed by atoms with Gasteiger partial charge in [-0.3, -0.25) is 0 Å². The summed E-state index contributed by atoms with van der Waals surface area (Å²) in [5, 5.41) is 0. The molecule has 11 aromatic carbocycles. The molecular formula is C68H46Ge2N4O4. The molecule has 2 unspecified atom stereocenters. The van der Waals surface area contributed by atoms with E-state index in [0.717, 1.165) is 114 Å². The number of hydrogen-bond donors (Lipinski definition) is 0. The molecule has 0 radical (unpaired) electrons. The van der Waals surface area contributed by atoms with Crippen molar-refractivity contribution in [1.82, 2.24) is 0 Å². The topological polar surface area (TPSA) is 49.9 Å². The molecule has 0 bridgehead atoms. The second-order valence-corrected chi connectivity index (χ2v) is 36.8. The van der Waals surface area contributed by atoms with Crippen LogP contribution in [0.5, 0.6) is 46.0 Å². The number of ether oxygens (including phenoxy) is 4. The van der Waals surface area contributed by atoms with Crippen molar-refractivity contribution in [2.24, 2.45) is 0 Å². The third kappa shape index (κ3) is 5.85. The van der Waals surface area contributed by atoms with Gasteiger partial charge in [0.1, 0.15) is 0 Å². The summed E-state index contributed by atoms with van der Waals surface area (Å²) < 4.78 is 38.1. The van der Waals surface area contributed by atoms with Gasteiger partial charge in [0, 0.05) is 0 Å². The molecule has 0 amide bonds. The van der Waals surface area contributed by atoms with Gasteiger partial charge in [-0.25, -0.2) is 0 Å². The summed E-state index contributed by atoms with van der Waals surface area (Å²) in [6.07, 6.45) is 0. The molecule has 10 heteroatoms. The quantitative estimate of drug-likeness (QED) is 0.140. The average Bonchev–Trinajstić information content (AvgIpc) is 2.05. The van der Waals surface area contributed by atoms with Gasteiger partial charge in [0.05, 0.1) is 0 Å². The van der Waals surface area contributed by atoms with Crippen molar-refractivity contribution in [3.05, 3.63) is 243 Å². The van der Waals surface area contributed by atoms with Crippen LogP contribution in [0.1, 0.15) is 0 Å². The molecule has 0 aromatic heterocycles. The Bertz CT molecular complexity index is 3970. The van der Waals surface area contributed by atoms with E-state index in [1.54, 1.807) is 0 Å². The second-order valence-electron chi connectivity index (χ2n) is 21.1. The number of nitrogens with zero attached hydrogens (tertiary/aromatic N) is 4. The number of anilines is 12. The van der Waals surface area contributed by atoms with Gasteiger partial charge in [0.2, 0.25) is 0 Å². The fourth-order valence-corrected chi connectivity index (χ4v) is 33.3. The van der Waals surface area contributed by atoms with Gasteiger partial charge in [-0.1, -0.05) is 0 Å². The number of para-hydroxylation sites is 6. The van der Waals surface area contributed by atoms with Crippen molar-refractivity contribution in [2.45, 2.75) is 11.5 Å². The standard InChI is InChI=1S/C68H46Ge2N4O4/c1-69-59-51-35-21-37-53(59)75-55-39-49(71(43-23-9-3-10-24-43)44-25-11-4-12-26-44)41-57(61(55)69)77-67-63(69)65(73(51)47-31-17-7-18-32-47)68-64-66(67)74(48-33-19-8-20-34-48)52-36-22-38-54-60(52)70(64,2)62-56(76-54)40-50(42-58(62)78-68)72(45-27-13-5-14-28-45)46-29-15-6-16-30-46/h3-42H,1-2H3. The van der Waals surface area contributed by atoms with Gasteiger partial charge in [-0.05, 0) is 0 Å². The molecule has 6 heterocycles. The Kier molecular flexibility index (Phi) is 9.16. The van der Waals surface area contributed by atoms with Crippen LogP contribution in [0.2, 0.25) is 11.5 Å². The summed E-state index contributed by atoms with van der Waals surface area (Å²) in [6, 6.07) is 86.3. The fraction of sp³-hybridized carbons (Fsp3) is 0.0294. The summed E-state index contributed by atoms with van der Waals surface area (Å²) in [5.74, 6) is 12.0. The Morgan fingerprint density at radius 3 is 0.923 bits per heavy atom. The first-order valence-electron chi connectivity index (χ1n) is 26.6. The SMILES string of the molecule is [CH3][Ge]12[c]3c4cc(N(c5ccccc5)c5ccccc5)cc3Oc3c5[c]6c(c([c]31)N(c1ccccc1)c1cccc([c]12)O4)Oc1cc(N(c2ccccc2)c2ccccc2)cc2[c]1[Ge]6([CH3])[c]1c(cccc1N5c1ccccc1)O2. The first-order valence-corrected chi connectivity index (χ1v) is 37.1. The van der Waals surface area contributed by atoms with E-state index in [2.05, 4.69) is 274 Å². The zero-order chi connectivity index (χ0) is 51.4. The third-order valence-corrected chi connectivity index (χ3v) is 35.6. The molecule has 8 nitrogen and oxygen atoms in total. The number of rotatable bonds is 8. The van der Waals surface area contributed by atoms with Crippen molar-refractivity contribution in [3.8, 4) is 46.0 Å². The molecule has 370 valence electrons. The summed E-state index contributed by atoms with van der Waals surface area (Å²) in [6.45, 7) is 0. The Morgan fingerprint density at radius 1 is 0.282 bits per heavy atom. The molecule has 0 N–H and O–H groups in total. The number of fused-ring (bicyclic) bond motifs is 2. The van der Waals surface area contributed by atoms with Gasteiger partial charge in [-0.15, -0.1) is 0 Å². The minimum atomic E-state index is -4.02. The van der Waals surface area contributed by atoms with Crippen LogP contribution in [-0.2, 0) is 0 Å². The van der Waals surface area contributed by atoms with Crippen molar-refractivity contribution in [3.63, 3.8) is 0 Å². The van der Waals surface area contributed by atoms with E-state index in [-0.39, 0.29) is 0 Å². The molecule has 11 aromatic rings. The first kappa shape index (κ1) is 44.1. The van der Waals surface area contributed by atoms with E-state index < -0.39 is 26.5 Å². The minimum absolute atomic E-state index is 0.826. The maximum atomic E-state index is 8.03. The Hall–Kier alpha value is -9.09. The molecule has 0 fully saturated rings. The number of hydrogen-bond acceptors (Lipinski definition) is 8. The molecule has 17 rings (SSSR count). The van der Waals surface area contributed by atoms with Crippen LogP contribution in [0.15, 0.2) is 243 Å². The van der Waals surface area contributed by atoms with Crippen molar-refractivity contribution >= 4 is 121 Å². The molecule has 2 atom stereocenters. The third-order valence-electron chi connectivity index (χ3n) is 16.9. The van der Waals surface area contributed by atoms with Gasteiger partial charge >= 0.3 is 460 Å². The Morgan fingerprint density at radius 2 is 0.590 bits per heavy atom. The van der Waals surface area contributed by atoms with E-state index in [0.29, 0.717) is 0 Å². The van der Waals surface area contributed by atoms with E-state index in [1.807, 2.05) is 0 Å². The molecule has 6 aliphatic rings. The van der Waals surface area contributed by atoms with Crippen LogP contribution in [0.3, 0.4) is 0 Å². The van der Waals surface area contributed by atoms with Crippen LogP contribution >= 0.6 is 0 Å². The normalized spacial score (nSPS) is 17.3. The Labute approximate surface area is 456 Å². The van der Waals surface area contributed by atoms with Crippen LogP contribution in [-0.4, -0.2) is 26.5 Å². The Balaban J connectivity index is 1.01. The summed E-state index contributed by atoms with van der Waals surface area (Å²) >= 11 is -8.04. The fourth-order valence-electron chi connectivity index (χ4n) is 13.9. The summed E-state index contributed by atoms with van der Waals surface area (Å²) in [5.41, 5.74) is 12.4. The van der Waals surface area contributed by atoms with Crippen LogP contribution in [0.4, 0.5) is 68.2 Å². The zero-order valence-electron chi connectivity index (χ0n) is 42.5. The van der Waals surface area contributed by atoms with Crippen LogP contribution in [0.25, 0.3) is 0 Å². The van der Waals surface area contributed by atoms with Gasteiger partial charge in [0.15, 0.2) is 0 Å². The second kappa shape index (κ2) is 16.2. The zero-order valence-corrected chi connectivity index (χ0v) is 46.7. The molecular weight excluding hydrogens is 1080 g/mol. The number of benzene rings is 11. The summed E-state index contributed by atoms with van der Waals surface area (Å²) in [4.78, 5) is 9.56. The molecule has 6 aliphatic heterocycles. The average molecular weight is 1130 g/mol. The van der Waals surface area contributed by atoms with E-state index in [9.17, 15) is 0 Å². The molecule has 0 saturated heterocycles. The molecule has 78 heavy (non-hydrogen) atoms. The first-order chi connectivity index (χ1) is 38.5. The van der Waals surface area contributed by atoms with E-state index in [4.69, 9.17) is 18.9 Å². The van der Waals surface area contributed by atoms with Crippen LogP contribution in [0, 0.1) is 0 Å². The van der Waals surface area contributed by atoms with Gasteiger partial charge < -0.3 is 0 Å². The van der Waals surface area contributed by atoms with Crippen molar-refractivity contribution < 1.29 is 18.9 Å². The summed E-state index contributed by atoms with van der Waals surface area (Å²) in [7, 11) is 0. The molecule has 0 aliphatic carbocycles. The monoisotopic (exact) mass is 1130 g/mol.